The Hall–Kier alpha value is -4.13. The van der Waals surface area contributed by atoms with Gasteiger partial charge in [-0.1, -0.05) is 12.1 Å². The summed E-state index contributed by atoms with van der Waals surface area (Å²) in [6.07, 6.45) is 0.742. The van der Waals surface area contributed by atoms with Crippen molar-refractivity contribution in [2.75, 3.05) is 32.7 Å². The number of aromatic nitrogens is 1. The van der Waals surface area contributed by atoms with Crippen molar-refractivity contribution in [2.24, 2.45) is 0 Å². The average Bonchev–Trinajstić information content (AvgIpc) is 3.27. The van der Waals surface area contributed by atoms with Crippen LogP contribution in [0.4, 0.5) is 10.5 Å². The SMILES string of the molecule is CCOc1ccc(NC(=O)N2CCc3c([nH]c4ccc(OC)cc34)[C@H]2c2ccc(OC)cc2)cc1. The number of ether oxygens (including phenoxy) is 3. The molecule has 2 N–H and O–H groups in total. The third kappa shape index (κ3) is 4.37. The number of amides is 2. The number of methoxy groups -OCH3 is 2. The van der Waals surface area contributed by atoms with Crippen molar-refractivity contribution in [2.45, 2.75) is 19.4 Å². The van der Waals surface area contributed by atoms with Crippen molar-refractivity contribution in [3.05, 3.63) is 83.6 Å². The average molecular weight is 472 g/mol. The molecule has 0 saturated carbocycles. The minimum atomic E-state index is -0.272. The molecule has 180 valence electrons. The summed E-state index contributed by atoms with van der Waals surface area (Å²) in [6, 6.07) is 20.9. The normalized spacial score (nSPS) is 14.9. The third-order valence-electron chi connectivity index (χ3n) is 6.44. The third-order valence-corrected chi connectivity index (χ3v) is 6.44. The van der Waals surface area contributed by atoms with Gasteiger partial charge in [-0.15, -0.1) is 0 Å². The summed E-state index contributed by atoms with van der Waals surface area (Å²) in [5.41, 5.74) is 4.99. The van der Waals surface area contributed by atoms with Crippen LogP contribution in [0.2, 0.25) is 0 Å². The molecule has 0 fully saturated rings. The second-order valence-corrected chi connectivity index (χ2v) is 8.44. The lowest BCUT2D eigenvalue weighted by Crippen LogP contribution is -2.43. The smallest absolute Gasteiger partial charge is 0.322 e. The zero-order valence-electron chi connectivity index (χ0n) is 20.1. The molecule has 0 bridgehead atoms. The number of rotatable bonds is 6. The number of aromatic amines is 1. The highest BCUT2D eigenvalue weighted by atomic mass is 16.5. The van der Waals surface area contributed by atoms with Crippen LogP contribution < -0.4 is 19.5 Å². The first-order valence-corrected chi connectivity index (χ1v) is 11.7. The molecule has 7 nitrogen and oxygen atoms in total. The van der Waals surface area contributed by atoms with Gasteiger partial charge in [-0.3, -0.25) is 0 Å². The van der Waals surface area contributed by atoms with E-state index in [2.05, 4.69) is 16.4 Å². The number of anilines is 1. The number of hydrogen-bond acceptors (Lipinski definition) is 4. The zero-order valence-corrected chi connectivity index (χ0v) is 20.1. The van der Waals surface area contributed by atoms with Crippen LogP contribution >= 0.6 is 0 Å². The van der Waals surface area contributed by atoms with Crippen LogP contribution in [-0.4, -0.2) is 43.3 Å². The van der Waals surface area contributed by atoms with Crippen LogP contribution in [0.25, 0.3) is 10.9 Å². The van der Waals surface area contributed by atoms with Gasteiger partial charge in [0.15, 0.2) is 0 Å². The number of urea groups is 1. The van der Waals surface area contributed by atoms with Gasteiger partial charge in [-0.2, -0.15) is 0 Å². The van der Waals surface area contributed by atoms with Crippen molar-refractivity contribution < 1.29 is 19.0 Å². The molecule has 1 aromatic heterocycles. The first kappa shape index (κ1) is 22.7. The van der Waals surface area contributed by atoms with Gasteiger partial charge in [-0.25, -0.2) is 4.79 Å². The fourth-order valence-corrected chi connectivity index (χ4v) is 4.74. The van der Waals surface area contributed by atoms with Gasteiger partial charge < -0.3 is 29.4 Å². The van der Waals surface area contributed by atoms with E-state index in [-0.39, 0.29) is 12.1 Å². The second kappa shape index (κ2) is 9.62. The summed E-state index contributed by atoms with van der Waals surface area (Å²) in [6.45, 7) is 3.12. The summed E-state index contributed by atoms with van der Waals surface area (Å²) in [4.78, 5) is 19.0. The molecule has 4 aromatic rings. The molecule has 35 heavy (non-hydrogen) atoms. The number of benzene rings is 3. The van der Waals surface area contributed by atoms with Crippen molar-refractivity contribution in [3.63, 3.8) is 0 Å². The zero-order chi connectivity index (χ0) is 24.4. The van der Waals surface area contributed by atoms with Gasteiger partial charge >= 0.3 is 6.03 Å². The second-order valence-electron chi connectivity index (χ2n) is 8.44. The highest BCUT2D eigenvalue weighted by Crippen LogP contribution is 2.40. The predicted octanol–water partition coefficient (Wildman–Crippen LogP) is 5.76. The molecule has 3 aromatic carbocycles. The lowest BCUT2D eigenvalue weighted by Gasteiger charge is -2.36. The molecule has 0 aliphatic carbocycles. The van der Waals surface area contributed by atoms with E-state index in [1.165, 1.54) is 5.56 Å². The molecule has 2 amide bonds. The van der Waals surface area contributed by atoms with Gasteiger partial charge in [-0.05, 0) is 79.1 Å². The molecule has 5 rings (SSSR count). The first-order valence-electron chi connectivity index (χ1n) is 11.7. The molecule has 0 saturated heterocycles. The Balaban J connectivity index is 1.52. The topological polar surface area (TPSA) is 75.8 Å². The van der Waals surface area contributed by atoms with Crippen LogP contribution in [-0.2, 0) is 6.42 Å². The highest BCUT2D eigenvalue weighted by molar-refractivity contribution is 5.92. The van der Waals surface area contributed by atoms with Crippen LogP contribution in [0.3, 0.4) is 0 Å². The van der Waals surface area contributed by atoms with Gasteiger partial charge in [0.25, 0.3) is 0 Å². The van der Waals surface area contributed by atoms with Crippen molar-refractivity contribution >= 4 is 22.6 Å². The van der Waals surface area contributed by atoms with Gasteiger partial charge in [0.1, 0.15) is 17.2 Å². The maximum absolute atomic E-state index is 13.5. The van der Waals surface area contributed by atoms with E-state index in [1.807, 2.05) is 72.5 Å². The lowest BCUT2D eigenvalue weighted by molar-refractivity contribution is 0.193. The summed E-state index contributed by atoms with van der Waals surface area (Å²) in [7, 11) is 3.32. The Bertz CT molecular complexity index is 1330. The Labute approximate surface area is 204 Å². The maximum Gasteiger partial charge on any atom is 0.322 e. The van der Waals surface area contributed by atoms with E-state index in [4.69, 9.17) is 14.2 Å². The highest BCUT2D eigenvalue weighted by Gasteiger charge is 2.34. The van der Waals surface area contributed by atoms with Crippen LogP contribution in [0, 0.1) is 0 Å². The molecule has 7 heteroatoms. The lowest BCUT2D eigenvalue weighted by atomic mass is 9.92. The predicted molar refractivity (Wildman–Crippen MR) is 137 cm³/mol. The molecule has 0 radical (unpaired) electrons. The summed E-state index contributed by atoms with van der Waals surface area (Å²) >= 11 is 0. The molecule has 1 atom stereocenters. The monoisotopic (exact) mass is 471 g/mol. The van der Waals surface area contributed by atoms with Crippen LogP contribution in [0.1, 0.15) is 29.8 Å². The molecular formula is C28H29N3O4. The number of nitrogens with zero attached hydrogens (tertiary/aromatic N) is 1. The van der Waals surface area contributed by atoms with Crippen molar-refractivity contribution in [1.82, 2.24) is 9.88 Å². The number of nitrogens with one attached hydrogen (secondary N) is 2. The summed E-state index contributed by atoms with van der Waals surface area (Å²) in [5.74, 6) is 2.37. The molecule has 1 aliphatic heterocycles. The van der Waals surface area contributed by atoms with Gasteiger partial charge in [0.05, 0.1) is 26.9 Å². The van der Waals surface area contributed by atoms with E-state index >= 15 is 0 Å². The number of H-pyrrole nitrogens is 1. The standard InChI is InChI=1S/C28H29N3O4/c1-4-35-21-11-7-19(8-12-21)29-28(32)31-16-15-23-24-17-22(34-3)13-14-25(24)30-26(23)27(31)18-5-9-20(33-2)10-6-18/h5-14,17,27,30H,4,15-16H2,1-3H3,(H,29,32)/t27-/m1/s1. The van der Waals surface area contributed by atoms with E-state index in [0.29, 0.717) is 13.2 Å². The van der Waals surface area contributed by atoms with Gasteiger partial charge in [0.2, 0.25) is 0 Å². The number of carbonyl (C=O) groups excluding carboxylic acids is 1. The number of fused-ring (bicyclic) bond motifs is 3. The van der Waals surface area contributed by atoms with Crippen LogP contribution in [0.15, 0.2) is 66.7 Å². The Morgan fingerprint density at radius 3 is 2.34 bits per heavy atom. The van der Waals surface area contributed by atoms with Crippen molar-refractivity contribution in [3.8, 4) is 17.2 Å². The van der Waals surface area contributed by atoms with E-state index in [9.17, 15) is 4.79 Å². The van der Waals surface area contributed by atoms with E-state index in [0.717, 1.165) is 51.5 Å². The fraction of sp³-hybridized carbons (Fsp3) is 0.250. The van der Waals surface area contributed by atoms with E-state index in [1.54, 1.807) is 14.2 Å². The minimum Gasteiger partial charge on any atom is -0.497 e. The Morgan fingerprint density at radius 1 is 0.971 bits per heavy atom. The molecule has 2 heterocycles. The first-order chi connectivity index (χ1) is 17.1. The van der Waals surface area contributed by atoms with Gasteiger partial charge in [0, 0.05) is 28.8 Å². The molecule has 0 spiro atoms. The molecular weight excluding hydrogens is 442 g/mol. The van der Waals surface area contributed by atoms with Crippen LogP contribution in [0.5, 0.6) is 17.2 Å². The largest absolute Gasteiger partial charge is 0.497 e. The quantitative estimate of drug-likeness (QED) is 0.375. The fourth-order valence-electron chi connectivity index (χ4n) is 4.74. The number of carbonyl (C=O) groups is 1. The Kier molecular flexibility index (Phi) is 6.23. The maximum atomic E-state index is 13.5. The summed E-state index contributed by atoms with van der Waals surface area (Å²) < 4.78 is 16.3. The van der Waals surface area contributed by atoms with Crippen molar-refractivity contribution in [1.29, 1.82) is 0 Å². The number of hydrogen-bond donors (Lipinski definition) is 2. The Morgan fingerprint density at radius 2 is 1.66 bits per heavy atom. The van der Waals surface area contributed by atoms with E-state index < -0.39 is 0 Å². The molecule has 0 unspecified atom stereocenters. The summed E-state index contributed by atoms with van der Waals surface area (Å²) in [5, 5.41) is 4.19. The molecule has 1 aliphatic rings. The minimum absolute atomic E-state index is 0.156.